The number of aryl methyl sites for hydroxylation is 1. The van der Waals surface area contributed by atoms with E-state index in [2.05, 4.69) is 30.0 Å². The number of rotatable bonds is 4. The molecule has 0 radical (unpaired) electrons. The van der Waals surface area contributed by atoms with Gasteiger partial charge in [0, 0.05) is 31.9 Å². The number of hydrogen-bond donors (Lipinski definition) is 1. The average Bonchev–Trinajstić information content (AvgIpc) is 2.38. The first kappa shape index (κ1) is 15.3. The van der Waals surface area contributed by atoms with Gasteiger partial charge in [-0.1, -0.05) is 17.7 Å². The molecule has 0 bridgehead atoms. The molecule has 1 aromatic carbocycles. The van der Waals surface area contributed by atoms with Crippen molar-refractivity contribution in [1.29, 1.82) is 0 Å². The second kappa shape index (κ2) is 6.11. The second-order valence-electron chi connectivity index (χ2n) is 5.32. The van der Waals surface area contributed by atoms with Gasteiger partial charge in [0.25, 0.3) is 0 Å². The minimum Gasteiger partial charge on any atom is -0.369 e. The summed E-state index contributed by atoms with van der Waals surface area (Å²) in [6.45, 7) is 5.26. The van der Waals surface area contributed by atoms with E-state index in [0.29, 0.717) is 19.6 Å². The molecular weight excluding hydrogens is 274 g/mol. The molecule has 0 aromatic heterocycles. The first-order chi connectivity index (χ1) is 9.41. The van der Waals surface area contributed by atoms with Crippen LogP contribution in [0.4, 0.5) is 5.69 Å². The van der Waals surface area contributed by atoms with Crippen LogP contribution >= 0.6 is 0 Å². The lowest BCUT2D eigenvalue weighted by molar-refractivity contribution is 0.388. The summed E-state index contributed by atoms with van der Waals surface area (Å²) in [4.78, 5) is 2.26. The fourth-order valence-electron chi connectivity index (χ4n) is 2.64. The molecule has 2 rings (SSSR count). The van der Waals surface area contributed by atoms with Gasteiger partial charge in [0.2, 0.25) is 10.0 Å². The van der Waals surface area contributed by atoms with Crippen molar-refractivity contribution in [2.45, 2.75) is 13.3 Å². The highest BCUT2D eigenvalue weighted by Crippen LogP contribution is 2.24. The molecule has 6 heteroatoms. The number of nitrogens with zero attached hydrogens (tertiary/aromatic N) is 2. The monoisotopic (exact) mass is 297 g/mol. The Hall–Kier alpha value is -1.11. The first-order valence-corrected chi connectivity index (χ1v) is 8.76. The molecule has 0 unspecified atom stereocenters. The Morgan fingerprint density at radius 1 is 1.20 bits per heavy atom. The third kappa shape index (κ3) is 3.50. The molecule has 5 nitrogen and oxygen atoms in total. The summed E-state index contributed by atoms with van der Waals surface area (Å²) >= 11 is 0. The highest BCUT2D eigenvalue weighted by atomic mass is 32.2. The maximum atomic E-state index is 11.5. The van der Waals surface area contributed by atoms with E-state index in [0.717, 1.165) is 19.5 Å². The Kier molecular flexibility index (Phi) is 4.67. The largest absolute Gasteiger partial charge is 0.369 e. The Balaban J connectivity index is 2.14. The summed E-state index contributed by atoms with van der Waals surface area (Å²) in [6, 6.07) is 6.39. The van der Waals surface area contributed by atoms with Crippen molar-refractivity contribution in [3.8, 4) is 0 Å². The standard InChI is InChI=1S/C14H23N3O2S/c1-12-3-4-14(13(11-12)5-6-15)16-7-9-17(10-8-16)20(2,18)19/h3-4,11H,5-10,15H2,1-2H3. The zero-order valence-corrected chi connectivity index (χ0v) is 13.0. The lowest BCUT2D eigenvalue weighted by Crippen LogP contribution is -2.48. The van der Waals surface area contributed by atoms with Crippen LogP contribution in [0.5, 0.6) is 0 Å². The molecule has 20 heavy (non-hydrogen) atoms. The van der Waals surface area contributed by atoms with E-state index in [1.54, 1.807) is 4.31 Å². The maximum absolute atomic E-state index is 11.5. The van der Waals surface area contributed by atoms with E-state index in [4.69, 9.17) is 5.73 Å². The molecule has 1 fully saturated rings. The lowest BCUT2D eigenvalue weighted by atomic mass is 10.0. The van der Waals surface area contributed by atoms with Gasteiger partial charge in [-0.2, -0.15) is 4.31 Å². The Morgan fingerprint density at radius 2 is 1.85 bits per heavy atom. The maximum Gasteiger partial charge on any atom is 0.211 e. The normalized spacial score (nSPS) is 17.4. The number of sulfonamides is 1. The van der Waals surface area contributed by atoms with Gasteiger partial charge in [-0.25, -0.2) is 8.42 Å². The van der Waals surface area contributed by atoms with Gasteiger partial charge in [-0.05, 0) is 31.5 Å². The van der Waals surface area contributed by atoms with Crippen LogP contribution < -0.4 is 10.6 Å². The van der Waals surface area contributed by atoms with Crippen LogP contribution in [0.25, 0.3) is 0 Å². The smallest absolute Gasteiger partial charge is 0.211 e. The van der Waals surface area contributed by atoms with Crippen molar-refractivity contribution in [2.75, 3.05) is 43.9 Å². The molecule has 0 atom stereocenters. The van der Waals surface area contributed by atoms with E-state index in [9.17, 15) is 8.42 Å². The van der Waals surface area contributed by atoms with Gasteiger partial charge in [0.05, 0.1) is 6.26 Å². The Bertz CT molecular complexity index is 564. The average molecular weight is 297 g/mol. The third-order valence-corrected chi connectivity index (χ3v) is 5.00. The zero-order chi connectivity index (χ0) is 14.8. The van der Waals surface area contributed by atoms with Gasteiger partial charge in [-0.3, -0.25) is 0 Å². The summed E-state index contributed by atoms with van der Waals surface area (Å²) in [5.41, 5.74) is 9.35. The molecule has 1 aliphatic rings. The molecule has 1 saturated heterocycles. The van der Waals surface area contributed by atoms with Crippen LogP contribution in [-0.4, -0.2) is 51.7 Å². The summed E-state index contributed by atoms with van der Waals surface area (Å²) in [5, 5.41) is 0. The van der Waals surface area contributed by atoms with Crippen molar-refractivity contribution in [2.24, 2.45) is 5.73 Å². The molecule has 0 saturated carbocycles. The van der Waals surface area contributed by atoms with E-state index in [1.165, 1.54) is 23.1 Å². The highest BCUT2D eigenvalue weighted by Gasteiger charge is 2.24. The quantitative estimate of drug-likeness (QED) is 0.883. The summed E-state index contributed by atoms with van der Waals surface area (Å²) in [5.74, 6) is 0. The van der Waals surface area contributed by atoms with E-state index in [1.807, 2.05) is 0 Å². The number of piperazine rings is 1. The van der Waals surface area contributed by atoms with Crippen LogP contribution in [0.3, 0.4) is 0 Å². The molecule has 1 heterocycles. The Labute approximate surface area is 121 Å². The van der Waals surface area contributed by atoms with E-state index < -0.39 is 10.0 Å². The molecule has 1 aromatic rings. The Morgan fingerprint density at radius 3 is 2.40 bits per heavy atom. The van der Waals surface area contributed by atoms with Gasteiger partial charge in [0.1, 0.15) is 0 Å². The van der Waals surface area contributed by atoms with Crippen molar-refractivity contribution >= 4 is 15.7 Å². The molecular formula is C14H23N3O2S. The highest BCUT2D eigenvalue weighted by molar-refractivity contribution is 7.88. The molecule has 2 N–H and O–H groups in total. The van der Waals surface area contributed by atoms with Crippen LogP contribution in [0.2, 0.25) is 0 Å². The summed E-state index contributed by atoms with van der Waals surface area (Å²) in [7, 11) is -3.07. The number of hydrogen-bond acceptors (Lipinski definition) is 4. The van der Waals surface area contributed by atoms with Crippen LogP contribution in [0.15, 0.2) is 18.2 Å². The SMILES string of the molecule is Cc1ccc(N2CCN(S(C)(=O)=O)CC2)c(CCN)c1. The van der Waals surface area contributed by atoms with Crippen LogP contribution in [0.1, 0.15) is 11.1 Å². The minimum atomic E-state index is -3.07. The molecule has 1 aliphatic heterocycles. The van der Waals surface area contributed by atoms with Crippen molar-refractivity contribution < 1.29 is 8.42 Å². The topological polar surface area (TPSA) is 66.6 Å². The van der Waals surface area contributed by atoms with Crippen molar-refractivity contribution in [3.05, 3.63) is 29.3 Å². The van der Waals surface area contributed by atoms with Crippen molar-refractivity contribution in [1.82, 2.24) is 4.31 Å². The van der Waals surface area contributed by atoms with Gasteiger partial charge < -0.3 is 10.6 Å². The predicted octanol–water partition coefficient (Wildman–Crippen LogP) is 0.578. The van der Waals surface area contributed by atoms with Gasteiger partial charge in [0.15, 0.2) is 0 Å². The zero-order valence-electron chi connectivity index (χ0n) is 12.2. The minimum absolute atomic E-state index is 0.550. The lowest BCUT2D eigenvalue weighted by Gasteiger charge is -2.36. The fraction of sp³-hybridized carbons (Fsp3) is 0.571. The predicted molar refractivity (Wildman–Crippen MR) is 82.6 cm³/mol. The first-order valence-electron chi connectivity index (χ1n) is 6.91. The summed E-state index contributed by atoms with van der Waals surface area (Å²) < 4.78 is 24.6. The van der Waals surface area contributed by atoms with E-state index >= 15 is 0 Å². The second-order valence-corrected chi connectivity index (χ2v) is 7.30. The van der Waals surface area contributed by atoms with Crippen LogP contribution in [-0.2, 0) is 16.4 Å². The third-order valence-electron chi connectivity index (χ3n) is 3.70. The van der Waals surface area contributed by atoms with Crippen molar-refractivity contribution in [3.63, 3.8) is 0 Å². The summed E-state index contributed by atoms with van der Waals surface area (Å²) in [6.07, 6.45) is 2.12. The number of anilines is 1. The molecule has 0 aliphatic carbocycles. The van der Waals surface area contributed by atoms with Crippen LogP contribution in [0, 0.1) is 6.92 Å². The fourth-order valence-corrected chi connectivity index (χ4v) is 3.47. The molecule has 0 amide bonds. The number of nitrogens with two attached hydrogens (primary N) is 1. The van der Waals surface area contributed by atoms with Gasteiger partial charge in [-0.15, -0.1) is 0 Å². The molecule has 0 spiro atoms. The molecule has 112 valence electrons. The number of benzene rings is 1. The van der Waals surface area contributed by atoms with Gasteiger partial charge >= 0.3 is 0 Å². The van der Waals surface area contributed by atoms with E-state index in [-0.39, 0.29) is 0 Å².